The molecular weight excluding hydrogens is 298 g/mol. The van der Waals surface area contributed by atoms with Crippen LogP contribution in [0.25, 0.3) is 0 Å². The van der Waals surface area contributed by atoms with E-state index in [4.69, 9.17) is 11.6 Å². The summed E-state index contributed by atoms with van der Waals surface area (Å²) in [5, 5.41) is 0.774. The van der Waals surface area contributed by atoms with Gasteiger partial charge in [0.05, 0.1) is 0 Å². The van der Waals surface area contributed by atoms with E-state index in [0.717, 1.165) is 17.1 Å². The predicted octanol–water partition coefficient (Wildman–Crippen LogP) is 4.72. The minimum absolute atomic E-state index is 0.246. The standard InChI is InChI=1S/C14H13BrClN/c1-10-5-6-11(16)8-13(10)14(15)9-12-4-2-3-7-17-12/h2-8,14H,9H2,1H3. The molecule has 17 heavy (non-hydrogen) atoms. The molecule has 1 heterocycles. The van der Waals surface area contributed by atoms with Crippen LogP contribution in [-0.2, 0) is 6.42 Å². The van der Waals surface area contributed by atoms with Crippen LogP contribution in [0.4, 0.5) is 0 Å². The SMILES string of the molecule is Cc1ccc(Cl)cc1C(Br)Cc1ccccn1. The van der Waals surface area contributed by atoms with Crippen LogP contribution in [0.1, 0.15) is 21.6 Å². The maximum Gasteiger partial charge on any atom is 0.0453 e. The van der Waals surface area contributed by atoms with Crippen molar-refractivity contribution in [2.75, 3.05) is 0 Å². The van der Waals surface area contributed by atoms with Crippen molar-refractivity contribution in [1.29, 1.82) is 0 Å². The Morgan fingerprint density at radius 1 is 1.29 bits per heavy atom. The van der Waals surface area contributed by atoms with E-state index in [1.807, 2.05) is 42.6 Å². The largest absolute Gasteiger partial charge is 0.261 e. The average Bonchev–Trinajstić information content (AvgIpc) is 2.33. The first-order chi connectivity index (χ1) is 8.16. The Balaban J connectivity index is 2.20. The summed E-state index contributed by atoms with van der Waals surface area (Å²) < 4.78 is 0. The fourth-order valence-electron chi connectivity index (χ4n) is 1.76. The second-order valence-corrected chi connectivity index (χ2v) is 5.54. The summed E-state index contributed by atoms with van der Waals surface area (Å²) in [4.78, 5) is 4.58. The highest BCUT2D eigenvalue weighted by atomic mass is 79.9. The number of nitrogens with zero attached hydrogens (tertiary/aromatic N) is 1. The molecule has 0 aliphatic rings. The molecule has 0 fully saturated rings. The van der Waals surface area contributed by atoms with Gasteiger partial charge in [-0.2, -0.15) is 0 Å². The first-order valence-corrected chi connectivity index (χ1v) is 6.76. The molecular formula is C14H13BrClN. The van der Waals surface area contributed by atoms with Gasteiger partial charge in [-0.25, -0.2) is 0 Å². The zero-order valence-electron chi connectivity index (χ0n) is 9.53. The molecule has 1 unspecified atom stereocenters. The van der Waals surface area contributed by atoms with E-state index in [2.05, 4.69) is 27.8 Å². The maximum atomic E-state index is 6.03. The number of aromatic nitrogens is 1. The summed E-state index contributed by atoms with van der Waals surface area (Å²) >= 11 is 9.74. The van der Waals surface area contributed by atoms with Gasteiger partial charge in [0.2, 0.25) is 0 Å². The minimum Gasteiger partial charge on any atom is -0.261 e. The lowest BCUT2D eigenvalue weighted by molar-refractivity contribution is 0.897. The summed E-state index contributed by atoms with van der Waals surface area (Å²) in [6, 6.07) is 11.9. The van der Waals surface area contributed by atoms with Gasteiger partial charge in [0.1, 0.15) is 0 Å². The lowest BCUT2D eigenvalue weighted by Gasteiger charge is -2.13. The Morgan fingerprint density at radius 2 is 2.12 bits per heavy atom. The summed E-state index contributed by atoms with van der Waals surface area (Å²) in [5.41, 5.74) is 3.55. The maximum absolute atomic E-state index is 6.03. The summed E-state index contributed by atoms with van der Waals surface area (Å²) in [5.74, 6) is 0. The summed E-state index contributed by atoms with van der Waals surface area (Å²) in [6.45, 7) is 2.10. The van der Waals surface area contributed by atoms with Crippen molar-refractivity contribution in [2.45, 2.75) is 18.2 Å². The van der Waals surface area contributed by atoms with E-state index in [1.54, 1.807) is 0 Å². The van der Waals surface area contributed by atoms with E-state index < -0.39 is 0 Å². The van der Waals surface area contributed by atoms with Crippen LogP contribution < -0.4 is 0 Å². The lowest BCUT2D eigenvalue weighted by Crippen LogP contribution is -1.99. The molecule has 1 atom stereocenters. The van der Waals surface area contributed by atoms with Crippen molar-refractivity contribution in [3.63, 3.8) is 0 Å². The van der Waals surface area contributed by atoms with Gasteiger partial charge >= 0.3 is 0 Å². The van der Waals surface area contributed by atoms with Crippen molar-refractivity contribution >= 4 is 27.5 Å². The van der Waals surface area contributed by atoms with E-state index in [9.17, 15) is 0 Å². The Hall–Kier alpha value is -0.860. The van der Waals surface area contributed by atoms with Crippen LogP contribution >= 0.6 is 27.5 Å². The molecule has 0 spiro atoms. The molecule has 1 aromatic carbocycles. The van der Waals surface area contributed by atoms with Gasteiger partial charge in [0.15, 0.2) is 0 Å². The Kier molecular flexibility index (Phi) is 4.19. The number of aryl methyl sites for hydroxylation is 1. The van der Waals surface area contributed by atoms with E-state index in [-0.39, 0.29) is 4.83 Å². The Labute approximate surface area is 115 Å². The van der Waals surface area contributed by atoms with Crippen molar-refractivity contribution in [2.24, 2.45) is 0 Å². The second kappa shape index (κ2) is 5.65. The topological polar surface area (TPSA) is 12.9 Å². The van der Waals surface area contributed by atoms with Gasteiger partial charge in [-0.3, -0.25) is 4.98 Å². The molecule has 1 aromatic heterocycles. The number of alkyl halides is 1. The third-order valence-electron chi connectivity index (χ3n) is 2.69. The third-order valence-corrected chi connectivity index (χ3v) is 3.75. The molecule has 0 bridgehead atoms. The molecule has 0 saturated heterocycles. The van der Waals surface area contributed by atoms with Crippen LogP contribution in [0.5, 0.6) is 0 Å². The molecule has 0 radical (unpaired) electrons. The number of rotatable bonds is 3. The zero-order valence-corrected chi connectivity index (χ0v) is 11.9. The van der Waals surface area contributed by atoms with Crippen LogP contribution in [0.3, 0.4) is 0 Å². The van der Waals surface area contributed by atoms with Crippen molar-refractivity contribution in [1.82, 2.24) is 4.98 Å². The highest BCUT2D eigenvalue weighted by molar-refractivity contribution is 9.09. The van der Waals surface area contributed by atoms with Gasteiger partial charge in [0, 0.05) is 28.2 Å². The van der Waals surface area contributed by atoms with Crippen LogP contribution in [0.2, 0.25) is 5.02 Å². The van der Waals surface area contributed by atoms with Crippen LogP contribution in [0.15, 0.2) is 42.6 Å². The number of pyridine rings is 1. The van der Waals surface area contributed by atoms with Gasteiger partial charge in [-0.1, -0.05) is 39.7 Å². The number of benzene rings is 1. The molecule has 2 aromatic rings. The highest BCUT2D eigenvalue weighted by Crippen LogP contribution is 2.30. The number of hydrogen-bond acceptors (Lipinski definition) is 1. The molecule has 1 nitrogen and oxygen atoms in total. The highest BCUT2D eigenvalue weighted by Gasteiger charge is 2.12. The van der Waals surface area contributed by atoms with Crippen molar-refractivity contribution < 1.29 is 0 Å². The van der Waals surface area contributed by atoms with E-state index in [1.165, 1.54) is 11.1 Å². The molecule has 3 heteroatoms. The van der Waals surface area contributed by atoms with Crippen molar-refractivity contribution in [3.05, 3.63) is 64.4 Å². The van der Waals surface area contributed by atoms with E-state index >= 15 is 0 Å². The normalized spacial score (nSPS) is 12.4. The first-order valence-electron chi connectivity index (χ1n) is 5.47. The number of halogens is 2. The van der Waals surface area contributed by atoms with Gasteiger partial charge in [0.25, 0.3) is 0 Å². The monoisotopic (exact) mass is 309 g/mol. The fraction of sp³-hybridized carbons (Fsp3) is 0.214. The zero-order chi connectivity index (χ0) is 12.3. The molecule has 0 saturated carbocycles. The quantitative estimate of drug-likeness (QED) is 0.747. The van der Waals surface area contributed by atoms with E-state index in [0.29, 0.717) is 0 Å². The van der Waals surface area contributed by atoms with Crippen LogP contribution in [-0.4, -0.2) is 4.98 Å². The number of hydrogen-bond donors (Lipinski definition) is 0. The lowest BCUT2D eigenvalue weighted by atomic mass is 10.0. The molecule has 0 amide bonds. The van der Waals surface area contributed by atoms with Gasteiger partial charge in [-0.15, -0.1) is 0 Å². The molecule has 2 rings (SSSR count). The molecule has 88 valence electrons. The summed E-state index contributed by atoms with van der Waals surface area (Å²) in [6.07, 6.45) is 2.68. The Bertz CT molecular complexity index is 499. The van der Waals surface area contributed by atoms with Crippen LogP contribution in [0, 0.1) is 6.92 Å². The first kappa shape index (κ1) is 12.6. The van der Waals surface area contributed by atoms with Crippen molar-refractivity contribution in [3.8, 4) is 0 Å². The third kappa shape index (κ3) is 3.30. The van der Waals surface area contributed by atoms with Gasteiger partial charge in [-0.05, 0) is 42.3 Å². The molecule has 0 aliphatic carbocycles. The molecule has 0 N–H and O–H groups in total. The predicted molar refractivity (Wildman–Crippen MR) is 75.8 cm³/mol. The smallest absolute Gasteiger partial charge is 0.0453 e. The Morgan fingerprint density at radius 3 is 2.82 bits per heavy atom. The average molecular weight is 311 g/mol. The summed E-state index contributed by atoms with van der Waals surface area (Å²) in [7, 11) is 0. The molecule has 0 aliphatic heterocycles. The van der Waals surface area contributed by atoms with Gasteiger partial charge < -0.3 is 0 Å². The second-order valence-electron chi connectivity index (χ2n) is 3.99. The minimum atomic E-state index is 0.246. The fourth-order valence-corrected chi connectivity index (χ4v) is 2.77.